The van der Waals surface area contributed by atoms with Crippen molar-refractivity contribution in [2.45, 2.75) is 83.7 Å². The zero-order valence-electron chi connectivity index (χ0n) is 22.4. The highest BCUT2D eigenvalue weighted by molar-refractivity contribution is 5.93. The highest BCUT2D eigenvalue weighted by Gasteiger charge is 2.67. The third-order valence-corrected chi connectivity index (χ3v) is 9.81. The molecule has 0 amide bonds. The summed E-state index contributed by atoms with van der Waals surface area (Å²) in [5.74, 6) is 0.684. The average Bonchev–Trinajstić information content (AvgIpc) is 3.15. The van der Waals surface area contributed by atoms with E-state index in [1.54, 1.807) is 13.8 Å². The van der Waals surface area contributed by atoms with Gasteiger partial charge in [-0.15, -0.1) is 0 Å². The zero-order chi connectivity index (χ0) is 25.8. The van der Waals surface area contributed by atoms with E-state index in [2.05, 4.69) is 36.1 Å². The lowest BCUT2D eigenvalue weighted by Crippen LogP contribution is -2.57. The van der Waals surface area contributed by atoms with Crippen LogP contribution in [0.25, 0.3) is 0 Å². The largest absolute Gasteiger partial charge is 0.450 e. The van der Waals surface area contributed by atoms with Gasteiger partial charge in [-0.2, -0.15) is 0 Å². The third-order valence-electron chi connectivity index (χ3n) is 9.81. The fourth-order valence-corrected chi connectivity index (χ4v) is 8.04. The highest BCUT2D eigenvalue weighted by atomic mass is 16.6. The molecule has 5 nitrogen and oxygen atoms in total. The van der Waals surface area contributed by atoms with E-state index in [0.29, 0.717) is 18.8 Å². The topological polar surface area (TPSA) is 63.7 Å². The second kappa shape index (κ2) is 9.00. The summed E-state index contributed by atoms with van der Waals surface area (Å²) in [4.78, 5) is 40.3. The van der Waals surface area contributed by atoms with Gasteiger partial charge < -0.3 is 9.64 Å². The second-order valence-corrected chi connectivity index (χ2v) is 11.7. The van der Waals surface area contributed by atoms with Gasteiger partial charge in [0.05, 0.1) is 0 Å². The summed E-state index contributed by atoms with van der Waals surface area (Å²) >= 11 is 0. The molecule has 4 aliphatic carbocycles. The third kappa shape index (κ3) is 3.69. The van der Waals surface area contributed by atoms with Crippen LogP contribution in [0.1, 0.15) is 83.6 Å². The predicted octanol–water partition coefficient (Wildman–Crippen LogP) is 5.93. The minimum Gasteiger partial charge on any atom is -0.450 e. The number of ketones is 2. The summed E-state index contributed by atoms with van der Waals surface area (Å²) in [5.41, 5.74) is 5.00. The summed E-state index contributed by atoms with van der Waals surface area (Å²) in [7, 11) is 4.09. The summed E-state index contributed by atoms with van der Waals surface area (Å²) in [6.07, 6.45) is 7.71. The number of hydrogen-bond acceptors (Lipinski definition) is 5. The van der Waals surface area contributed by atoms with Crippen LogP contribution in [0, 0.1) is 17.3 Å². The van der Waals surface area contributed by atoms with Crippen LogP contribution in [-0.2, 0) is 19.1 Å². The Hall–Kier alpha value is -2.69. The van der Waals surface area contributed by atoms with E-state index in [1.807, 2.05) is 20.2 Å². The van der Waals surface area contributed by atoms with Gasteiger partial charge in [0.15, 0.2) is 17.2 Å². The first-order valence-electron chi connectivity index (χ1n) is 13.6. The lowest BCUT2D eigenvalue weighted by atomic mass is 9.50. The smallest absolute Gasteiger partial charge is 0.306 e. The first-order chi connectivity index (χ1) is 17.1. The van der Waals surface area contributed by atoms with Crippen molar-refractivity contribution in [1.29, 1.82) is 0 Å². The Morgan fingerprint density at radius 3 is 2.44 bits per heavy atom. The number of Topliss-reactive ketones (excluding diaryl/α,β-unsaturated/α-hetero) is 1. The molecular weight excluding hydrogens is 450 g/mol. The van der Waals surface area contributed by atoms with Crippen molar-refractivity contribution in [1.82, 2.24) is 0 Å². The molecule has 1 aromatic carbocycles. The number of anilines is 1. The monoisotopic (exact) mass is 489 g/mol. The Balaban J connectivity index is 1.67. The van der Waals surface area contributed by atoms with Crippen LogP contribution in [0.15, 0.2) is 47.1 Å². The molecule has 0 bridgehead atoms. The minimum atomic E-state index is -1.07. The Kier molecular flexibility index (Phi) is 6.25. The van der Waals surface area contributed by atoms with E-state index >= 15 is 0 Å². The number of benzene rings is 1. The van der Waals surface area contributed by atoms with E-state index in [1.165, 1.54) is 22.3 Å². The van der Waals surface area contributed by atoms with Crippen LogP contribution < -0.4 is 4.90 Å². The molecule has 2 unspecified atom stereocenters. The molecule has 192 valence electrons. The van der Waals surface area contributed by atoms with E-state index in [-0.39, 0.29) is 35.8 Å². The molecule has 0 spiro atoms. The number of ether oxygens (including phenoxy) is 1. The number of esters is 1. The number of hydrogen-bond donors (Lipinski definition) is 0. The fourth-order valence-electron chi connectivity index (χ4n) is 8.04. The quantitative estimate of drug-likeness (QED) is 0.480. The molecule has 0 saturated heterocycles. The molecule has 1 aromatic rings. The molecule has 4 aliphatic rings. The number of allylic oxidation sites excluding steroid dienone is 4. The van der Waals surface area contributed by atoms with E-state index in [0.717, 1.165) is 37.8 Å². The minimum absolute atomic E-state index is 0.0215. The number of carbonyl (C=O) groups is 3. The maximum Gasteiger partial charge on any atom is 0.306 e. The molecule has 36 heavy (non-hydrogen) atoms. The molecule has 0 N–H and O–H groups in total. The van der Waals surface area contributed by atoms with E-state index in [4.69, 9.17) is 4.74 Å². The number of nitrogens with zero attached hydrogens (tertiary/aromatic N) is 1. The van der Waals surface area contributed by atoms with E-state index < -0.39 is 11.0 Å². The standard InChI is InChI=1S/C31H39NO4/c1-6-28(35)36-31(19(2)33)16-15-27-25-13-9-21-17-23(34)12-14-24(21)29(25)26(18-30(27,31)3)20-7-10-22(11-8-20)32(4)5/h7-8,10-11,17,25-27H,6,9,12-16,18H2,1-5H3/t25?,26-,27?,30+,31+/m1/s1. The Labute approximate surface area is 215 Å². The van der Waals surface area contributed by atoms with Crippen molar-refractivity contribution in [2.24, 2.45) is 17.3 Å². The van der Waals surface area contributed by atoms with Gasteiger partial charge >= 0.3 is 5.97 Å². The van der Waals surface area contributed by atoms with Crippen molar-refractivity contribution in [2.75, 3.05) is 19.0 Å². The van der Waals surface area contributed by atoms with Crippen molar-refractivity contribution >= 4 is 23.2 Å². The first-order valence-corrected chi connectivity index (χ1v) is 13.6. The van der Waals surface area contributed by atoms with Crippen LogP contribution in [0.2, 0.25) is 0 Å². The number of fused-ring (bicyclic) bond motifs is 4. The summed E-state index contributed by atoms with van der Waals surface area (Å²) in [6.45, 7) is 5.62. The molecule has 0 radical (unpaired) electrons. The number of rotatable bonds is 5. The molecule has 2 saturated carbocycles. The highest BCUT2D eigenvalue weighted by Crippen LogP contribution is 2.67. The Morgan fingerprint density at radius 1 is 1.08 bits per heavy atom. The second-order valence-electron chi connectivity index (χ2n) is 11.7. The molecule has 0 heterocycles. The molecular formula is C31H39NO4. The van der Waals surface area contributed by atoms with Gasteiger partial charge in [-0.05, 0) is 92.2 Å². The molecule has 5 rings (SSSR count). The van der Waals surface area contributed by atoms with Gasteiger partial charge in [0.2, 0.25) is 0 Å². The van der Waals surface area contributed by atoms with Gasteiger partial charge in [-0.1, -0.05) is 31.6 Å². The predicted molar refractivity (Wildman–Crippen MR) is 141 cm³/mol. The molecule has 2 fully saturated rings. The van der Waals surface area contributed by atoms with Gasteiger partial charge in [-0.25, -0.2) is 0 Å². The summed E-state index contributed by atoms with van der Waals surface area (Å²) in [6, 6.07) is 8.78. The average molecular weight is 490 g/mol. The van der Waals surface area contributed by atoms with Crippen LogP contribution in [0.5, 0.6) is 0 Å². The maximum absolute atomic E-state index is 13.3. The lowest BCUT2D eigenvalue weighted by Gasteiger charge is -2.55. The van der Waals surface area contributed by atoms with Crippen molar-refractivity contribution in [3.63, 3.8) is 0 Å². The normalized spacial score (nSPS) is 33.3. The SMILES string of the molecule is CCC(=O)O[C@]1(C(C)=O)CCC2C3CCC4=CC(=O)CCC4=C3[C@@H](c3ccc(N(C)C)cc3)C[C@@]21C. The van der Waals surface area contributed by atoms with Crippen LogP contribution in [0.4, 0.5) is 5.69 Å². The molecule has 0 aromatic heterocycles. The molecule has 0 aliphatic heterocycles. The van der Waals surface area contributed by atoms with Crippen LogP contribution in [-0.4, -0.2) is 37.2 Å². The van der Waals surface area contributed by atoms with Crippen molar-refractivity contribution in [3.8, 4) is 0 Å². The summed E-state index contributed by atoms with van der Waals surface area (Å²) in [5, 5.41) is 0. The van der Waals surface area contributed by atoms with E-state index in [9.17, 15) is 14.4 Å². The summed E-state index contributed by atoms with van der Waals surface area (Å²) < 4.78 is 6.15. The Bertz CT molecular complexity index is 1160. The van der Waals surface area contributed by atoms with Gasteiger partial charge in [-0.3, -0.25) is 14.4 Å². The fraction of sp³-hybridized carbons (Fsp3) is 0.581. The van der Waals surface area contributed by atoms with Crippen molar-refractivity contribution in [3.05, 3.63) is 52.6 Å². The van der Waals surface area contributed by atoms with Gasteiger partial charge in [0.1, 0.15) is 0 Å². The molecule has 5 atom stereocenters. The molecule has 5 heteroatoms. The van der Waals surface area contributed by atoms with Crippen LogP contribution >= 0.6 is 0 Å². The first kappa shape index (κ1) is 25.0. The number of carbonyl (C=O) groups excluding carboxylic acids is 3. The lowest BCUT2D eigenvalue weighted by molar-refractivity contribution is -0.184. The van der Waals surface area contributed by atoms with Gasteiger partial charge in [0, 0.05) is 44.0 Å². The van der Waals surface area contributed by atoms with Crippen molar-refractivity contribution < 1.29 is 19.1 Å². The maximum atomic E-state index is 13.3. The van der Waals surface area contributed by atoms with Crippen LogP contribution in [0.3, 0.4) is 0 Å². The Morgan fingerprint density at radius 2 is 1.81 bits per heavy atom. The zero-order valence-corrected chi connectivity index (χ0v) is 22.4. The van der Waals surface area contributed by atoms with Gasteiger partial charge in [0.25, 0.3) is 0 Å².